The van der Waals surface area contributed by atoms with Crippen molar-refractivity contribution in [2.75, 3.05) is 14.2 Å². The highest BCUT2D eigenvalue weighted by molar-refractivity contribution is 6.16. The predicted octanol–water partition coefficient (Wildman–Crippen LogP) is 1.24. The summed E-state index contributed by atoms with van der Waals surface area (Å²) in [5.74, 6) is 4.57. The minimum absolute atomic E-state index is 0.203. The molecule has 0 aromatic heterocycles. The van der Waals surface area contributed by atoms with Crippen molar-refractivity contribution in [2.24, 2.45) is 5.90 Å². The van der Waals surface area contributed by atoms with Gasteiger partial charge in [0.25, 0.3) is 0 Å². The molecular weight excluding hydrogens is 222 g/mol. The quantitative estimate of drug-likeness (QED) is 0.361. The first kappa shape index (κ1) is 13.2. The summed E-state index contributed by atoms with van der Waals surface area (Å²) >= 11 is 0. The molecule has 0 aliphatic carbocycles. The molecule has 17 heavy (non-hydrogen) atoms. The topological polar surface area (TPSA) is 70.8 Å². The summed E-state index contributed by atoms with van der Waals surface area (Å²) in [6.07, 6.45) is 1.33. The van der Waals surface area contributed by atoms with Crippen molar-refractivity contribution in [3.63, 3.8) is 0 Å². The molecule has 0 saturated carbocycles. The molecule has 0 bridgehead atoms. The van der Waals surface area contributed by atoms with Crippen LogP contribution in [0.1, 0.15) is 11.1 Å². The molecule has 5 nitrogen and oxygen atoms in total. The van der Waals surface area contributed by atoms with Gasteiger partial charge in [-0.1, -0.05) is 24.3 Å². The lowest BCUT2D eigenvalue weighted by atomic mass is 10.0. The second kappa shape index (κ2) is 6.67. The van der Waals surface area contributed by atoms with Gasteiger partial charge in [-0.15, -0.1) is 0 Å². The number of hydrogen-bond acceptors (Lipinski definition) is 5. The van der Waals surface area contributed by atoms with E-state index < -0.39 is 5.97 Å². The Balaban J connectivity index is 3.18. The van der Waals surface area contributed by atoms with Crippen molar-refractivity contribution >= 4 is 11.5 Å². The standard InChI is InChI=1S/C12H15NO4/c1-15-8-11(12(14)16-2)10-6-4-3-5-9(10)7-17-13/h3-6,8H,7,13H2,1-2H3/b11-8+. The number of carbonyl (C=O) groups excluding carboxylic acids is 1. The third-order valence-corrected chi connectivity index (χ3v) is 2.19. The van der Waals surface area contributed by atoms with Gasteiger partial charge >= 0.3 is 5.97 Å². The molecule has 0 atom stereocenters. The van der Waals surface area contributed by atoms with Crippen LogP contribution in [0.5, 0.6) is 0 Å². The van der Waals surface area contributed by atoms with Crippen LogP contribution in [0.2, 0.25) is 0 Å². The number of carbonyl (C=O) groups is 1. The van der Waals surface area contributed by atoms with E-state index in [1.54, 1.807) is 6.07 Å². The third kappa shape index (κ3) is 3.30. The first-order chi connectivity index (χ1) is 8.24. The number of ether oxygens (including phenoxy) is 2. The maximum Gasteiger partial charge on any atom is 0.341 e. The number of hydrogen-bond donors (Lipinski definition) is 1. The summed E-state index contributed by atoms with van der Waals surface area (Å²) in [6, 6.07) is 7.23. The maximum absolute atomic E-state index is 11.6. The van der Waals surface area contributed by atoms with Crippen LogP contribution in [0, 0.1) is 0 Å². The average Bonchev–Trinajstić information content (AvgIpc) is 2.36. The second-order valence-electron chi connectivity index (χ2n) is 3.23. The van der Waals surface area contributed by atoms with Gasteiger partial charge < -0.3 is 9.47 Å². The zero-order valence-corrected chi connectivity index (χ0v) is 9.80. The number of rotatable bonds is 5. The maximum atomic E-state index is 11.6. The molecule has 0 aliphatic rings. The lowest BCUT2D eigenvalue weighted by Crippen LogP contribution is -2.08. The first-order valence-electron chi connectivity index (χ1n) is 4.95. The molecule has 5 heteroatoms. The molecule has 0 heterocycles. The number of esters is 1. The highest BCUT2D eigenvalue weighted by Gasteiger charge is 2.16. The lowest BCUT2D eigenvalue weighted by molar-refractivity contribution is -0.133. The molecule has 0 amide bonds. The fraction of sp³-hybridized carbons (Fsp3) is 0.250. The Hall–Kier alpha value is -1.85. The van der Waals surface area contributed by atoms with Crippen LogP contribution in [0.4, 0.5) is 0 Å². The van der Waals surface area contributed by atoms with Gasteiger partial charge in [0.05, 0.1) is 27.1 Å². The van der Waals surface area contributed by atoms with Crippen molar-refractivity contribution in [2.45, 2.75) is 6.61 Å². The Kier molecular flexibility index (Phi) is 5.19. The van der Waals surface area contributed by atoms with Crippen LogP contribution < -0.4 is 5.90 Å². The Labute approximate surface area is 99.7 Å². The summed E-state index contributed by atoms with van der Waals surface area (Å²) in [7, 11) is 2.78. The highest BCUT2D eigenvalue weighted by Crippen LogP contribution is 2.21. The van der Waals surface area contributed by atoms with E-state index in [2.05, 4.69) is 4.84 Å². The van der Waals surface area contributed by atoms with Crippen molar-refractivity contribution in [3.8, 4) is 0 Å². The van der Waals surface area contributed by atoms with Gasteiger partial charge in [0.2, 0.25) is 0 Å². The van der Waals surface area contributed by atoms with Crippen molar-refractivity contribution in [1.82, 2.24) is 0 Å². The van der Waals surface area contributed by atoms with Gasteiger partial charge in [-0.05, 0) is 11.1 Å². The molecule has 92 valence electrons. The molecular formula is C12H15NO4. The fourth-order valence-corrected chi connectivity index (χ4v) is 1.45. The van der Waals surface area contributed by atoms with E-state index in [-0.39, 0.29) is 6.61 Å². The van der Waals surface area contributed by atoms with Gasteiger partial charge in [-0.3, -0.25) is 4.84 Å². The highest BCUT2D eigenvalue weighted by atomic mass is 16.6. The van der Waals surface area contributed by atoms with Crippen LogP contribution in [-0.2, 0) is 25.7 Å². The first-order valence-corrected chi connectivity index (χ1v) is 4.95. The molecule has 0 saturated heterocycles. The molecule has 1 aromatic rings. The molecule has 2 N–H and O–H groups in total. The molecule has 1 aromatic carbocycles. The minimum Gasteiger partial charge on any atom is -0.503 e. The smallest absolute Gasteiger partial charge is 0.341 e. The Morgan fingerprint density at radius 1 is 1.35 bits per heavy atom. The zero-order chi connectivity index (χ0) is 12.7. The normalized spacial score (nSPS) is 11.1. The summed E-state index contributed by atoms with van der Waals surface area (Å²) in [4.78, 5) is 16.2. The predicted molar refractivity (Wildman–Crippen MR) is 62.4 cm³/mol. The lowest BCUT2D eigenvalue weighted by Gasteiger charge is -2.10. The fourth-order valence-electron chi connectivity index (χ4n) is 1.45. The van der Waals surface area contributed by atoms with Crippen LogP contribution >= 0.6 is 0 Å². The van der Waals surface area contributed by atoms with E-state index in [4.69, 9.17) is 15.4 Å². The van der Waals surface area contributed by atoms with Gasteiger partial charge in [0, 0.05) is 0 Å². The van der Waals surface area contributed by atoms with E-state index in [0.717, 1.165) is 5.56 Å². The van der Waals surface area contributed by atoms with Gasteiger partial charge in [-0.2, -0.15) is 0 Å². The van der Waals surface area contributed by atoms with Crippen molar-refractivity contribution < 1.29 is 19.1 Å². The van der Waals surface area contributed by atoms with Crippen molar-refractivity contribution in [1.29, 1.82) is 0 Å². The average molecular weight is 237 g/mol. The van der Waals surface area contributed by atoms with E-state index in [1.807, 2.05) is 18.2 Å². The minimum atomic E-state index is -0.476. The largest absolute Gasteiger partial charge is 0.503 e. The Morgan fingerprint density at radius 3 is 2.65 bits per heavy atom. The van der Waals surface area contributed by atoms with E-state index in [9.17, 15) is 4.79 Å². The summed E-state index contributed by atoms with van der Waals surface area (Å²) in [6.45, 7) is 0.203. The van der Waals surface area contributed by atoms with Gasteiger partial charge in [0.15, 0.2) is 0 Å². The summed E-state index contributed by atoms with van der Waals surface area (Å²) < 4.78 is 9.57. The molecule has 0 aliphatic heterocycles. The SMILES string of the molecule is CO/C=C(/C(=O)OC)c1ccccc1CON. The zero-order valence-electron chi connectivity index (χ0n) is 9.80. The van der Waals surface area contributed by atoms with E-state index in [1.165, 1.54) is 20.5 Å². The second-order valence-corrected chi connectivity index (χ2v) is 3.23. The van der Waals surface area contributed by atoms with Crippen LogP contribution in [0.3, 0.4) is 0 Å². The Morgan fingerprint density at radius 2 is 2.06 bits per heavy atom. The molecule has 1 rings (SSSR count). The number of methoxy groups -OCH3 is 2. The third-order valence-electron chi connectivity index (χ3n) is 2.19. The monoisotopic (exact) mass is 237 g/mol. The van der Waals surface area contributed by atoms with Gasteiger partial charge in [-0.25, -0.2) is 10.7 Å². The summed E-state index contributed by atoms with van der Waals surface area (Å²) in [5.41, 5.74) is 1.78. The molecule has 0 fully saturated rings. The van der Waals surface area contributed by atoms with Crippen molar-refractivity contribution in [3.05, 3.63) is 41.7 Å². The number of benzene rings is 1. The number of nitrogens with two attached hydrogens (primary N) is 1. The van der Waals surface area contributed by atoms with E-state index >= 15 is 0 Å². The van der Waals surface area contributed by atoms with Crippen LogP contribution in [-0.4, -0.2) is 20.2 Å². The molecule has 0 spiro atoms. The van der Waals surface area contributed by atoms with Crippen LogP contribution in [0.25, 0.3) is 5.57 Å². The van der Waals surface area contributed by atoms with E-state index in [0.29, 0.717) is 11.1 Å². The van der Waals surface area contributed by atoms with Crippen LogP contribution in [0.15, 0.2) is 30.5 Å². The van der Waals surface area contributed by atoms with Gasteiger partial charge in [0.1, 0.15) is 5.57 Å². The summed E-state index contributed by atoms with van der Waals surface area (Å²) in [5, 5.41) is 0. The molecule has 0 radical (unpaired) electrons. The Bertz CT molecular complexity index is 415. The molecule has 0 unspecified atom stereocenters.